The molecule has 5 heteroatoms. The molecule has 2 heterocycles. The fourth-order valence-electron chi connectivity index (χ4n) is 1.62. The van der Waals surface area contributed by atoms with E-state index >= 15 is 0 Å². The monoisotopic (exact) mass is 240 g/mol. The first-order chi connectivity index (χ1) is 8.83. The molecule has 0 saturated heterocycles. The second-order valence-electron chi connectivity index (χ2n) is 3.76. The number of aromatic amines is 1. The van der Waals surface area contributed by atoms with Gasteiger partial charge in [-0.1, -0.05) is 0 Å². The average molecular weight is 240 g/mol. The van der Waals surface area contributed by atoms with Gasteiger partial charge in [-0.3, -0.25) is 10.1 Å². The van der Waals surface area contributed by atoms with E-state index in [1.165, 1.54) is 12.1 Å². The van der Waals surface area contributed by atoms with Crippen molar-refractivity contribution >= 4 is 0 Å². The van der Waals surface area contributed by atoms with Gasteiger partial charge in [-0.05, 0) is 36.4 Å². The van der Waals surface area contributed by atoms with Crippen molar-refractivity contribution in [1.29, 1.82) is 0 Å². The van der Waals surface area contributed by atoms with E-state index in [0.717, 1.165) is 11.1 Å². The summed E-state index contributed by atoms with van der Waals surface area (Å²) < 4.78 is 12.8. The second kappa shape index (κ2) is 4.37. The van der Waals surface area contributed by atoms with Gasteiger partial charge in [-0.15, -0.1) is 0 Å². The predicted molar refractivity (Wildman–Crippen MR) is 65.0 cm³/mol. The smallest absolute Gasteiger partial charge is 0.183 e. The lowest BCUT2D eigenvalue weighted by Gasteiger charge is -1.94. The summed E-state index contributed by atoms with van der Waals surface area (Å²) in [5.74, 6) is 0.905. The number of H-pyrrole nitrogens is 1. The first-order valence-corrected chi connectivity index (χ1v) is 5.42. The third-order valence-corrected chi connectivity index (χ3v) is 2.52. The van der Waals surface area contributed by atoms with Gasteiger partial charge in [-0.2, -0.15) is 5.10 Å². The molecule has 0 amide bonds. The van der Waals surface area contributed by atoms with Crippen LogP contribution >= 0.6 is 0 Å². The molecule has 4 nitrogen and oxygen atoms in total. The number of aromatic nitrogens is 4. The Balaban J connectivity index is 1.97. The molecule has 0 atom stereocenters. The van der Waals surface area contributed by atoms with Crippen LogP contribution in [0.3, 0.4) is 0 Å². The summed E-state index contributed by atoms with van der Waals surface area (Å²) in [5, 5.41) is 6.94. The summed E-state index contributed by atoms with van der Waals surface area (Å²) in [6.45, 7) is 0. The van der Waals surface area contributed by atoms with E-state index < -0.39 is 0 Å². The summed E-state index contributed by atoms with van der Waals surface area (Å²) in [6, 6.07) is 9.79. The first kappa shape index (κ1) is 10.6. The van der Waals surface area contributed by atoms with Crippen LogP contribution in [0.4, 0.5) is 4.39 Å². The number of pyridine rings is 1. The number of nitrogens with zero attached hydrogens (tertiary/aromatic N) is 3. The predicted octanol–water partition coefficient (Wildman–Crippen LogP) is 2.67. The number of nitrogens with one attached hydrogen (secondary N) is 1. The molecule has 88 valence electrons. The zero-order chi connectivity index (χ0) is 12.4. The van der Waals surface area contributed by atoms with Crippen LogP contribution in [0.2, 0.25) is 0 Å². The molecule has 0 unspecified atom stereocenters. The highest BCUT2D eigenvalue weighted by Crippen LogP contribution is 2.19. The highest BCUT2D eigenvalue weighted by atomic mass is 19.1. The molecule has 0 saturated carbocycles. The van der Waals surface area contributed by atoms with Gasteiger partial charge in [0, 0.05) is 23.5 Å². The lowest BCUT2D eigenvalue weighted by Crippen LogP contribution is -1.82. The molecular weight excluding hydrogens is 231 g/mol. The Morgan fingerprint density at radius 3 is 2.56 bits per heavy atom. The van der Waals surface area contributed by atoms with E-state index in [9.17, 15) is 4.39 Å². The summed E-state index contributed by atoms with van der Waals surface area (Å²) in [6.07, 6.45) is 3.38. The fraction of sp³-hybridized carbons (Fsp3) is 0. The molecule has 0 radical (unpaired) electrons. The maximum atomic E-state index is 12.8. The van der Waals surface area contributed by atoms with E-state index in [4.69, 9.17) is 0 Å². The van der Waals surface area contributed by atoms with Gasteiger partial charge in [0.05, 0.1) is 0 Å². The van der Waals surface area contributed by atoms with Crippen molar-refractivity contribution in [2.24, 2.45) is 0 Å². The molecule has 3 aromatic rings. The van der Waals surface area contributed by atoms with E-state index in [0.29, 0.717) is 11.6 Å². The lowest BCUT2D eigenvalue weighted by atomic mass is 10.2. The molecule has 1 aromatic carbocycles. The largest absolute Gasteiger partial charge is 0.264 e. The minimum atomic E-state index is -0.272. The molecule has 0 aliphatic rings. The van der Waals surface area contributed by atoms with Gasteiger partial charge in [0.25, 0.3) is 0 Å². The Bertz CT molecular complexity index is 646. The van der Waals surface area contributed by atoms with E-state index in [1.807, 2.05) is 12.1 Å². The van der Waals surface area contributed by atoms with Crippen LogP contribution in [0.5, 0.6) is 0 Å². The van der Waals surface area contributed by atoms with Crippen LogP contribution in [-0.4, -0.2) is 20.2 Å². The standard InChI is InChI=1S/C13H9FN4/c14-11-5-3-9(4-6-11)12-16-13(18-17-12)10-2-1-7-15-8-10/h1-8H,(H,16,17,18). The normalized spacial score (nSPS) is 10.5. The number of hydrogen-bond acceptors (Lipinski definition) is 3. The molecule has 18 heavy (non-hydrogen) atoms. The van der Waals surface area contributed by atoms with Crippen LogP contribution in [0.1, 0.15) is 0 Å². The third kappa shape index (κ3) is 1.98. The van der Waals surface area contributed by atoms with E-state index in [1.54, 1.807) is 24.5 Å². The van der Waals surface area contributed by atoms with Crippen LogP contribution in [0, 0.1) is 5.82 Å². The highest BCUT2D eigenvalue weighted by Gasteiger charge is 2.07. The lowest BCUT2D eigenvalue weighted by molar-refractivity contribution is 0.628. The van der Waals surface area contributed by atoms with Crippen molar-refractivity contribution in [3.05, 3.63) is 54.6 Å². The summed E-state index contributed by atoms with van der Waals surface area (Å²) >= 11 is 0. The quantitative estimate of drug-likeness (QED) is 0.749. The Hall–Kier alpha value is -2.56. The number of benzene rings is 1. The second-order valence-corrected chi connectivity index (χ2v) is 3.76. The molecule has 0 bridgehead atoms. The Morgan fingerprint density at radius 2 is 1.83 bits per heavy atom. The molecule has 1 N–H and O–H groups in total. The van der Waals surface area contributed by atoms with Gasteiger partial charge >= 0.3 is 0 Å². The number of rotatable bonds is 2. The molecule has 2 aromatic heterocycles. The molecule has 0 aliphatic heterocycles. The summed E-state index contributed by atoms with van der Waals surface area (Å²) in [7, 11) is 0. The van der Waals surface area contributed by atoms with Gasteiger partial charge < -0.3 is 0 Å². The number of hydrogen-bond donors (Lipinski definition) is 1. The SMILES string of the molecule is Fc1ccc(-c2nc(-c3cccnc3)n[nH]2)cc1. The highest BCUT2D eigenvalue weighted by molar-refractivity contribution is 5.60. The van der Waals surface area contributed by atoms with Crippen LogP contribution in [0.25, 0.3) is 22.8 Å². The van der Waals surface area contributed by atoms with Crippen molar-refractivity contribution < 1.29 is 4.39 Å². The van der Waals surface area contributed by atoms with Gasteiger partial charge in [-0.25, -0.2) is 9.37 Å². The molecule has 0 spiro atoms. The molecule has 0 fully saturated rings. The van der Waals surface area contributed by atoms with Crippen LogP contribution in [-0.2, 0) is 0 Å². The van der Waals surface area contributed by atoms with Gasteiger partial charge in [0.1, 0.15) is 5.82 Å². The topological polar surface area (TPSA) is 54.5 Å². The minimum Gasteiger partial charge on any atom is -0.264 e. The van der Waals surface area contributed by atoms with Gasteiger partial charge in [0.15, 0.2) is 11.6 Å². The zero-order valence-electron chi connectivity index (χ0n) is 9.34. The average Bonchev–Trinajstić information content (AvgIpc) is 2.90. The van der Waals surface area contributed by atoms with E-state index in [2.05, 4.69) is 20.2 Å². The zero-order valence-corrected chi connectivity index (χ0v) is 9.34. The Labute approximate surface area is 103 Å². The van der Waals surface area contributed by atoms with Crippen molar-refractivity contribution in [2.45, 2.75) is 0 Å². The minimum absolute atomic E-state index is 0.272. The molecular formula is C13H9FN4. The molecule has 3 rings (SSSR count). The maximum Gasteiger partial charge on any atom is 0.183 e. The van der Waals surface area contributed by atoms with Crippen molar-refractivity contribution in [3.8, 4) is 22.8 Å². The van der Waals surface area contributed by atoms with Crippen molar-refractivity contribution in [1.82, 2.24) is 20.2 Å². The summed E-state index contributed by atoms with van der Waals surface area (Å²) in [4.78, 5) is 8.36. The number of halogens is 1. The first-order valence-electron chi connectivity index (χ1n) is 5.42. The van der Waals surface area contributed by atoms with Gasteiger partial charge in [0.2, 0.25) is 0 Å². The van der Waals surface area contributed by atoms with Crippen molar-refractivity contribution in [2.75, 3.05) is 0 Å². The van der Waals surface area contributed by atoms with Crippen molar-refractivity contribution in [3.63, 3.8) is 0 Å². The van der Waals surface area contributed by atoms with Crippen LogP contribution < -0.4 is 0 Å². The Morgan fingerprint density at radius 1 is 1.00 bits per heavy atom. The Kier molecular flexibility index (Phi) is 2.57. The molecule has 0 aliphatic carbocycles. The fourth-order valence-corrected chi connectivity index (χ4v) is 1.62. The maximum absolute atomic E-state index is 12.8. The summed E-state index contributed by atoms with van der Waals surface area (Å²) in [5.41, 5.74) is 1.63. The van der Waals surface area contributed by atoms with Crippen LogP contribution in [0.15, 0.2) is 48.8 Å². The van der Waals surface area contributed by atoms with E-state index in [-0.39, 0.29) is 5.82 Å². The third-order valence-electron chi connectivity index (χ3n) is 2.52.